The average molecular weight is 289 g/mol. The van der Waals surface area contributed by atoms with Gasteiger partial charge in [-0.2, -0.15) is 13.2 Å². The van der Waals surface area contributed by atoms with Crippen LogP contribution in [0.4, 0.5) is 19.1 Å². The van der Waals surface area contributed by atoms with Crippen molar-refractivity contribution in [2.45, 2.75) is 38.3 Å². The van der Waals surface area contributed by atoms with Crippen LogP contribution in [0.1, 0.15) is 36.2 Å². The fourth-order valence-corrected chi connectivity index (χ4v) is 2.19. The normalized spacial score (nSPS) is 14.8. The number of rotatable bonds is 4. The lowest BCUT2D eigenvalue weighted by Crippen LogP contribution is -2.21. The number of alkyl halides is 3. The Labute approximate surface area is 113 Å². The number of carbonyl (C=O) groups is 1. The third-order valence-electron chi connectivity index (χ3n) is 3.07. The Morgan fingerprint density at radius 3 is 2.60 bits per heavy atom. The van der Waals surface area contributed by atoms with Crippen LogP contribution in [0.25, 0.3) is 0 Å². The molecule has 2 N–H and O–H groups in total. The molecule has 0 aromatic carbocycles. The van der Waals surface area contributed by atoms with Crippen molar-refractivity contribution in [2.24, 2.45) is 0 Å². The molecule has 0 saturated carbocycles. The predicted molar refractivity (Wildman–Crippen MR) is 64.4 cm³/mol. The number of hydrogen-bond donors (Lipinski definition) is 2. The molecule has 0 fully saturated rings. The van der Waals surface area contributed by atoms with Crippen molar-refractivity contribution in [3.8, 4) is 0 Å². The molecule has 0 atom stereocenters. The molecule has 0 saturated heterocycles. The molecule has 110 valence electrons. The van der Waals surface area contributed by atoms with E-state index in [0.717, 1.165) is 6.42 Å². The highest BCUT2D eigenvalue weighted by Gasteiger charge is 2.37. The average Bonchev–Trinajstić information content (AvgIpc) is 2.36. The van der Waals surface area contributed by atoms with Gasteiger partial charge in [-0.15, -0.1) is 0 Å². The summed E-state index contributed by atoms with van der Waals surface area (Å²) in [5.74, 6) is -1.19. The Morgan fingerprint density at radius 2 is 1.95 bits per heavy atom. The molecule has 0 radical (unpaired) electrons. The number of anilines is 1. The van der Waals surface area contributed by atoms with Gasteiger partial charge >= 0.3 is 12.1 Å². The van der Waals surface area contributed by atoms with Crippen molar-refractivity contribution >= 4 is 11.9 Å². The molecule has 5 nitrogen and oxygen atoms in total. The minimum absolute atomic E-state index is 0.00851. The van der Waals surface area contributed by atoms with Crippen LogP contribution in [0.5, 0.6) is 0 Å². The van der Waals surface area contributed by atoms with Crippen LogP contribution in [0.15, 0.2) is 0 Å². The quantitative estimate of drug-likeness (QED) is 0.889. The summed E-state index contributed by atoms with van der Waals surface area (Å²) in [6.45, 7) is -0.00851. The molecule has 0 amide bonds. The first kappa shape index (κ1) is 14.5. The minimum Gasteiger partial charge on any atom is -0.481 e. The van der Waals surface area contributed by atoms with Crippen molar-refractivity contribution in [3.63, 3.8) is 0 Å². The van der Waals surface area contributed by atoms with Gasteiger partial charge in [0.2, 0.25) is 5.95 Å². The molecule has 0 unspecified atom stereocenters. The number of nitrogens with one attached hydrogen (secondary N) is 1. The summed E-state index contributed by atoms with van der Waals surface area (Å²) >= 11 is 0. The molecular formula is C12H14F3N3O2. The van der Waals surface area contributed by atoms with Crippen LogP contribution in [-0.2, 0) is 23.8 Å². The summed E-state index contributed by atoms with van der Waals surface area (Å²) in [6, 6.07) is 0. The number of aliphatic carboxylic acids is 1. The smallest absolute Gasteiger partial charge is 0.433 e. The van der Waals surface area contributed by atoms with E-state index in [1.54, 1.807) is 0 Å². The van der Waals surface area contributed by atoms with Crippen LogP contribution >= 0.6 is 0 Å². The number of fused-ring (bicyclic) bond motifs is 1. The lowest BCUT2D eigenvalue weighted by atomic mass is 9.94. The van der Waals surface area contributed by atoms with Gasteiger partial charge in [0.15, 0.2) is 5.69 Å². The molecule has 2 rings (SSSR count). The maximum Gasteiger partial charge on any atom is 0.433 e. The number of carboxylic acids is 1. The molecule has 1 heterocycles. The third-order valence-corrected chi connectivity index (χ3v) is 3.07. The molecule has 20 heavy (non-hydrogen) atoms. The fraction of sp³-hybridized carbons (Fsp3) is 0.583. The van der Waals surface area contributed by atoms with E-state index < -0.39 is 17.8 Å². The first-order valence-corrected chi connectivity index (χ1v) is 6.30. The van der Waals surface area contributed by atoms with Gasteiger partial charge < -0.3 is 10.4 Å². The molecular weight excluding hydrogens is 275 g/mol. The largest absolute Gasteiger partial charge is 0.481 e. The highest BCUT2D eigenvalue weighted by molar-refractivity contribution is 5.67. The Bertz CT molecular complexity index is 517. The molecule has 1 aromatic heterocycles. The van der Waals surface area contributed by atoms with E-state index in [4.69, 9.17) is 5.11 Å². The molecule has 0 spiro atoms. The van der Waals surface area contributed by atoms with Crippen molar-refractivity contribution in [2.75, 3.05) is 11.9 Å². The van der Waals surface area contributed by atoms with E-state index >= 15 is 0 Å². The van der Waals surface area contributed by atoms with E-state index in [1.165, 1.54) is 0 Å². The standard InChI is InChI=1S/C12H14F3N3O2/c13-12(14,15)10-7-3-1-2-4-8(7)17-11(18-10)16-6-5-9(19)20/h1-6H2,(H,19,20)(H,16,17,18). The highest BCUT2D eigenvalue weighted by atomic mass is 19.4. The van der Waals surface area contributed by atoms with E-state index in [1.807, 2.05) is 0 Å². The first-order chi connectivity index (χ1) is 9.38. The molecule has 1 aromatic rings. The maximum atomic E-state index is 13.0. The molecule has 0 aliphatic heterocycles. The van der Waals surface area contributed by atoms with Gasteiger partial charge in [0.05, 0.1) is 6.42 Å². The maximum absolute atomic E-state index is 13.0. The fourth-order valence-electron chi connectivity index (χ4n) is 2.19. The van der Waals surface area contributed by atoms with Gasteiger partial charge in [0.1, 0.15) is 0 Å². The van der Waals surface area contributed by atoms with Crippen LogP contribution < -0.4 is 5.32 Å². The summed E-state index contributed by atoms with van der Waals surface area (Å²) in [5, 5.41) is 11.0. The monoisotopic (exact) mass is 289 g/mol. The summed E-state index contributed by atoms with van der Waals surface area (Å²) < 4.78 is 39.0. The van der Waals surface area contributed by atoms with Crippen LogP contribution in [-0.4, -0.2) is 27.6 Å². The number of carboxylic acid groups (broad SMARTS) is 1. The van der Waals surface area contributed by atoms with E-state index in [2.05, 4.69) is 15.3 Å². The number of aromatic nitrogens is 2. The van der Waals surface area contributed by atoms with Crippen LogP contribution in [0, 0.1) is 0 Å². The lowest BCUT2D eigenvalue weighted by Gasteiger charge is -2.20. The number of hydrogen-bond acceptors (Lipinski definition) is 4. The van der Waals surface area contributed by atoms with Crippen LogP contribution in [0.2, 0.25) is 0 Å². The SMILES string of the molecule is O=C(O)CCNc1nc2c(c(C(F)(F)F)n1)CCCC2. The van der Waals surface area contributed by atoms with Gasteiger partial charge in [0.25, 0.3) is 0 Å². The zero-order chi connectivity index (χ0) is 14.8. The second-order valence-electron chi connectivity index (χ2n) is 4.60. The van der Waals surface area contributed by atoms with Crippen LogP contribution in [0.3, 0.4) is 0 Å². The zero-order valence-corrected chi connectivity index (χ0v) is 10.6. The number of halogens is 3. The van der Waals surface area contributed by atoms with Gasteiger partial charge in [0, 0.05) is 17.8 Å². The summed E-state index contributed by atoms with van der Waals surface area (Å²) in [7, 11) is 0. The molecule has 0 bridgehead atoms. The summed E-state index contributed by atoms with van der Waals surface area (Å²) in [4.78, 5) is 18.0. The van der Waals surface area contributed by atoms with Gasteiger partial charge in [-0.05, 0) is 25.7 Å². The molecule has 1 aliphatic carbocycles. The van der Waals surface area contributed by atoms with Crippen molar-refractivity contribution in [3.05, 3.63) is 17.0 Å². The summed E-state index contributed by atoms with van der Waals surface area (Å²) in [5.41, 5.74) is -0.316. The number of nitrogens with zero attached hydrogens (tertiary/aromatic N) is 2. The second kappa shape index (κ2) is 5.64. The van der Waals surface area contributed by atoms with Gasteiger partial charge in [-0.3, -0.25) is 4.79 Å². The highest BCUT2D eigenvalue weighted by Crippen LogP contribution is 2.35. The zero-order valence-electron chi connectivity index (χ0n) is 10.6. The van der Waals surface area contributed by atoms with E-state index in [0.29, 0.717) is 25.0 Å². The Hall–Kier alpha value is -1.86. The first-order valence-electron chi connectivity index (χ1n) is 6.30. The molecule has 1 aliphatic rings. The molecule has 8 heteroatoms. The second-order valence-corrected chi connectivity index (χ2v) is 4.60. The Morgan fingerprint density at radius 1 is 1.25 bits per heavy atom. The van der Waals surface area contributed by atoms with Crippen molar-refractivity contribution in [1.29, 1.82) is 0 Å². The Balaban J connectivity index is 2.28. The predicted octanol–water partition coefficient (Wildman–Crippen LogP) is 2.26. The van der Waals surface area contributed by atoms with Crippen molar-refractivity contribution < 1.29 is 23.1 Å². The van der Waals surface area contributed by atoms with Gasteiger partial charge in [-0.1, -0.05) is 0 Å². The lowest BCUT2D eigenvalue weighted by molar-refractivity contribution is -0.142. The van der Waals surface area contributed by atoms with E-state index in [9.17, 15) is 18.0 Å². The summed E-state index contributed by atoms with van der Waals surface area (Å²) in [6.07, 6.45) is -2.40. The van der Waals surface area contributed by atoms with Crippen molar-refractivity contribution in [1.82, 2.24) is 9.97 Å². The van der Waals surface area contributed by atoms with Gasteiger partial charge in [-0.25, -0.2) is 9.97 Å². The minimum atomic E-state index is -4.52. The Kier molecular flexibility index (Phi) is 4.10. The third kappa shape index (κ3) is 3.37. The number of aryl methyl sites for hydroxylation is 1. The topological polar surface area (TPSA) is 75.1 Å². The van der Waals surface area contributed by atoms with E-state index in [-0.39, 0.29) is 24.5 Å².